The van der Waals surface area contributed by atoms with Crippen LogP contribution in [0.3, 0.4) is 0 Å². The van der Waals surface area contributed by atoms with E-state index in [0.29, 0.717) is 35.6 Å². The average Bonchev–Trinajstić information content (AvgIpc) is 2.74. The van der Waals surface area contributed by atoms with Crippen molar-refractivity contribution in [3.05, 3.63) is 23.0 Å². The van der Waals surface area contributed by atoms with Gasteiger partial charge in [0, 0.05) is 11.6 Å². The molecule has 0 fully saturated rings. The van der Waals surface area contributed by atoms with Gasteiger partial charge in [-0.25, -0.2) is 4.98 Å². The predicted molar refractivity (Wildman–Crippen MR) is 83.2 cm³/mol. The highest BCUT2D eigenvalue weighted by atomic mass is 35.5. The van der Waals surface area contributed by atoms with Gasteiger partial charge >= 0.3 is 0 Å². The summed E-state index contributed by atoms with van der Waals surface area (Å²) >= 11 is 6.28. The number of nitrogen functional groups attached to an aromatic ring is 1. The van der Waals surface area contributed by atoms with Gasteiger partial charge in [0.15, 0.2) is 11.5 Å². The van der Waals surface area contributed by atoms with E-state index in [-0.39, 0.29) is 6.04 Å². The first-order chi connectivity index (χ1) is 9.99. The number of benzene rings is 1. The van der Waals surface area contributed by atoms with Gasteiger partial charge < -0.3 is 19.8 Å². The third-order valence-electron chi connectivity index (χ3n) is 3.51. The molecule has 1 aromatic heterocycles. The Morgan fingerprint density at radius 2 is 2.00 bits per heavy atom. The Bertz CT molecular complexity index is 695. The maximum Gasteiger partial charge on any atom is 0.179 e. The van der Waals surface area contributed by atoms with Gasteiger partial charge in [0.25, 0.3) is 0 Å². The van der Waals surface area contributed by atoms with Crippen LogP contribution in [0.1, 0.15) is 25.7 Å². The summed E-state index contributed by atoms with van der Waals surface area (Å²) in [4.78, 5) is 4.57. The molecule has 1 aliphatic rings. The highest BCUT2D eigenvalue weighted by Crippen LogP contribution is 2.42. The monoisotopic (exact) mass is 307 g/mol. The third kappa shape index (κ3) is 2.31. The first kappa shape index (κ1) is 14.1. The lowest BCUT2D eigenvalue weighted by molar-refractivity contribution is 0.172. The molecular weight excluding hydrogens is 290 g/mol. The van der Waals surface area contributed by atoms with Gasteiger partial charge in [-0.3, -0.25) is 0 Å². The van der Waals surface area contributed by atoms with Crippen LogP contribution in [0.25, 0.3) is 11.3 Å². The lowest BCUT2D eigenvalue weighted by Gasteiger charge is -2.20. The van der Waals surface area contributed by atoms with Crippen molar-refractivity contribution < 1.29 is 9.47 Å². The van der Waals surface area contributed by atoms with Crippen molar-refractivity contribution in [2.24, 2.45) is 0 Å². The zero-order valence-electron chi connectivity index (χ0n) is 12.3. The Balaban J connectivity index is 2.13. The van der Waals surface area contributed by atoms with E-state index in [2.05, 4.69) is 18.8 Å². The van der Waals surface area contributed by atoms with Crippen molar-refractivity contribution in [1.82, 2.24) is 9.55 Å². The van der Waals surface area contributed by atoms with Crippen LogP contribution in [-0.2, 0) is 0 Å². The normalized spacial score (nSPS) is 13.8. The molecule has 0 unspecified atom stereocenters. The second-order valence-corrected chi connectivity index (χ2v) is 5.75. The zero-order chi connectivity index (χ0) is 15.1. The quantitative estimate of drug-likeness (QED) is 0.923. The van der Waals surface area contributed by atoms with E-state index in [9.17, 15) is 0 Å². The average molecular weight is 308 g/mol. The van der Waals surface area contributed by atoms with Crippen LogP contribution < -0.4 is 15.2 Å². The number of aryl methyl sites for hydroxylation is 1. The number of ether oxygens (including phenoxy) is 2. The summed E-state index contributed by atoms with van der Waals surface area (Å²) in [6.45, 7) is 7.12. The van der Waals surface area contributed by atoms with E-state index in [1.165, 1.54) is 0 Å². The Kier molecular flexibility index (Phi) is 3.45. The second-order valence-electron chi connectivity index (χ2n) is 5.34. The minimum absolute atomic E-state index is 0.249. The molecule has 1 aliphatic heterocycles. The molecule has 0 atom stereocenters. The number of nitrogens with two attached hydrogens (primary N) is 1. The number of rotatable bonds is 2. The summed E-state index contributed by atoms with van der Waals surface area (Å²) in [5.41, 5.74) is 7.81. The van der Waals surface area contributed by atoms with Crippen molar-refractivity contribution in [3.8, 4) is 22.8 Å². The summed E-state index contributed by atoms with van der Waals surface area (Å²) in [6, 6.07) is 3.94. The summed E-state index contributed by atoms with van der Waals surface area (Å²) < 4.78 is 13.1. The van der Waals surface area contributed by atoms with E-state index >= 15 is 0 Å². The molecule has 2 heterocycles. The number of hydrogen-bond donors (Lipinski definition) is 1. The van der Waals surface area contributed by atoms with Crippen LogP contribution >= 0.6 is 11.6 Å². The maximum absolute atomic E-state index is 6.28. The molecule has 0 aliphatic carbocycles. The van der Waals surface area contributed by atoms with Crippen LogP contribution in [0.5, 0.6) is 11.5 Å². The van der Waals surface area contributed by atoms with Crippen LogP contribution in [-0.4, -0.2) is 22.8 Å². The molecule has 0 bridgehead atoms. The number of nitrogens with zero attached hydrogens (tertiary/aromatic N) is 2. The highest BCUT2D eigenvalue weighted by Gasteiger charge is 2.21. The van der Waals surface area contributed by atoms with Gasteiger partial charge in [-0.2, -0.15) is 0 Å². The number of halogens is 1. The zero-order valence-corrected chi connectivity index (χ0v) is 13.1. The number of fused-ring (bicyclic) bond motifs is 1. The van der Waals surface area contributed by atoms with Gasteiger partial charge in [-0.1, -0.05) is 11.6 Å². The van der Waals surface area contributed by atoms with Crippen molar-refractivity contribution >= 4 is 17.4 Å². The fraction of sp³-hybridized carbons (Fsp3) is 0.400. The van der Waals surface area contributed by atoms with E-state index in [4.69, 9.17) is 26.8 Å². The van der Waals surface area contributed by atoms with Crippen molar-refractivity contribution in [2.75, 3.05) is 18.9 Å². The number of aromatic nitrogens is 2. The largest absolute Gasteiger partial charge is 0.486 e. The van der Waals surface area contributed by atoms with Gasteiger partial charge in [0.1, 0.15) is 30.5 Å². The van der Waals surface area contributed by atoms with Crippen molar-refractivity contribution in [1.29, 1.82) is 0 Å². The molecule has 6 heteroatoms. The number of anilines is 1. The van der Waals surface area contributed by atoms with Gasteiger partial charge in [-0.15, -0.1) is 0 Å². The highest BCUT2D eigenvalue weighted by molar-refractivity contribution is 6.32. The maximum atomic E-state index is 6.28. The molecule has 0 saturated heterocycles. The van der Waals surface area contributed by atoms with Crippen molar-refractivity contribution in [2.45, 2.75) is 26.8 Å². The molecule has 2 N–H and O–H groups in total. The first-order valence-electron chi connectivity index (χ1n) is 6.93. The summed E-state index contributed by atoms with van der Waals surface area (Å²) in [5, 5.41) is 0.512. The van der Waals surface area contributed by atoms with E-state index in [1.54, 1.807) is 0 Å². The summed E-state index contributed by atoms with van der Waals surface area (Å²) in [5.74, 6) is 2.74. The SMILES string of the molecule is Cc1nc(-c2cc(Cl)c3c(c2)OCCO3)c(N)n1C(C)C. The summed E-state index contributed by atoms with van der Waals surface area (Å²) in [6.07, 6.45) is 0. The minimum Gasteiger partial charge on any atom is -0.486 e. The molecule has 5 nitrogen and oxygen atoms in total. The molecule has 2 aromatic rings. The minimum atomic E-state index is 0.249. The fourth-order valence-electron chi connectivity index (χ4n) is 2.67. The third-order valence-corrected chi connectivity index (χ3v) is 3.79. The van der Waals surface area contributed by atoms with E-state index in [0.717, 1.165) is 17.1 Å². The fourth-order valence-corrected chi connectivity index (χ4v) is 2.94. The first-order valence-corrected chi connectivity index (χ1v) is 7.30. The Morgan fingerprint density at radius 1 is 1.29 bits per heavy atom. The molecule has 112 valence electrons. The standard InChI is InChI=1S/C15H18ClN3O2/c1-8(2)19-9(3)18-13(15(19)17)10-6-11(16)14-12(7-10)20-4-5-21-14/h6-8H,4-5,17H2,1-3H3. The topological polar surface area (TPSA) is 62.3 Å². The molecule has 0 amide bonds. The smallest absolute Gasteiger partial charge is 0.179 e. The molecule has 0 spiro atoms. The summed E-state index contributed by atoms with van der Waals surface area (Å²) in [7, 11) is 0. The number of imidazole rings is 1. The predicted octanol–water partition coefficient (Wildman–Crippen LogP) is 3.45. The second kappa shape index (κ2) is 5.15. The van der Waals surface area contributed by atoms with Crippen molar-refractivity contribution in [3.63, 3.8) is 0 Å². The van der Waals surface area contributed by atoms with Gasteiger partial charge in [0.05, 0.1) is 5.02 Å². The van der Waals surface area contributed by atoms with Gasteiger partial charge in [0.2, 0.25) is 0 Å². The molecule has 0 saturated carbocycles. The molecule has 1 aromatic carbocycles. The molecule has 0 radical (unpaired) electrons. The lowest BCUT2D eigenvalue weighted by atomic mass is 10.1. The van der Waals surface area contributed by atoms with Gasteiger partial charge in [-0.05, 0) is 32.9 Å². The van der Waals surface area contributed by atoms with Crippen LogP contribution in [0.4, 0.5) is 5.82 Å². The molecule has 21 heavy (non-hydrogen) atoms. The molecule has 3 rings (SSSR count). The van der Waals surface area contributed by atoms with E-state index < -0.39 is 0 Å². The van der Waals surface area contributed by atoms with Crippen LogP contribution in [0.15, 0.2) is 12.1 Å². The number of hydrogen-bond acceptors (Lipinski definition) is 4. The van der Waals surface area contributed by atoms with Crippen LogP contribution in [0, 0.1) is 6.92 Å². The Morgan fingerprint density at radius 3 is 2.67 bits per heavy atom. The Hall–Kier alpha value is -1.88. The van der Waals surface area contributed by atoms with E-state index in [1.807, 2.05) is 23.6 Å². The Labute approximate surface area is 128 Å². The lowest BCUT2D eigenvalue weighted by Crippen LogP contribution is -2.15. The van der Waals surface area contributed by atoms with Crippen LogP contribution in [0.2, 0.25) is 5.02 Å². The molecular formula is C15H18ClN3O2.